The topological polar surface area (TPSA) is 147 Å². The second kappa shape index (κ2) is 12.6. The van der Waals surface area contributed by atoms with Crippen LogP contribution in [0.2, 0.25) is 0 Å². The molecule has 0 unspecified atom stereocenters. The summed E-state index contributed by atoms with van der Waals surface area (Å²) in [5.41, 5.74) is 1.11. The molecule has 178 valence electrons. The largest absolute Gasteiger partial charge is 0.478 e. The molecule has 11 nitrogen and oxygen atoms in total. The first kappa shape index (κ1) is 25.9. The molecule has 11 heteroatoms. The van der Waals surface area contributed by atoms with Gasteiger partial charge < -0.3 is 14.9 Å². The SMILES string of the molecule is CN1CCN(C(=O)/C=C/c2cccc([N+](=O)[O-])c2)CC1.O=C(O)/C=C/c1cccc([N+](=O)[O-])c1. The first-order valence-corrected chi connectivity index (χ1v) is 10.2. The number of rotatable bonds is 6. The molecule has 3 rings (SSSR count). The van der Waals surface area contributed by atoms with Crippen LogP contribution in [0.25, 0.3) is 12.2 Å². The molecule has 0 atom stereocenters. The monoisotopic (exact) mass is 468 g/mol. The van der Waals surface area contributed by atoms with Crippen molar-refractivity contribution in [2.45, 2.75) is 0 Å². The predicted octanol–water partition coefficient (Wildman–Crippen LogP) is 3.07. The summed E-state index contributed by atoms with van der Waals surface area (Å²) in [6.45, 7) is 3.18. The van der Waals surface area contributed by atoms with E-state index in [2.05, 4.69) is 4.90 Å². The summed E-state index contributed by atoms with van der Waals surface area (Å²) >= 11 is 0. The number of hydrogen-bond donors (Lipinski definition) is 1. The van der Waals surface area contributed by atoms with E-state index in [1.807, 2.05) is 7.05 Å². The molecule has 0 aromatic heterocycles. The number of hydrogen-bond acceptors (Lipinski definition) is 7. The van der Waals surface area contributed by atoms with E-state index in [1.54, 1.807) is 29.2 Å². The van der Waals surface area contributed by atoms with Gasteiger partial charge in [-0.15, -0.1) is 0 Å². The minimum atomic E-state index is -1.09. The summed E-state index contributed by atoms with van der Waals surface area (Å²) < 4.78 is 0. The number of carbonyl (C=O) groups is 2. The van der Waals surface area contributed by atoms with Gasteiger partial charge in [0.25, 0.3) is 11.4 Å². The molecule has 0 radical (unpaired) electrons. The number of nitrogens with zero attached hydrogens (tertiary/aromatic N) is 4. The Labute approximate surface area is 195 Å². The van der Waals surface area contributed by atoms with Crippen LogP contribution < -0.4 is 0 Å². The quantitative estimate of drug-likeness (QED) is 0.386. The summed E-state index contributed by atoms with van der Waals surface area (Å²) in [5.74, 6) is -1.14. The standard InChI is InChI=1S/C14H17N3O3.C9H7NO4/c1-15-7-9-16(10-8-15)14(18)6-5-12-3-2-4-13(11-12)17(19)20;11-9(12)5-4-7-2-1-3-8(6-7)10(13)14/h2-6,11H,7-10H2,1H3;1-6H,(H,11,12)/b6-5+;5-4+. The third-order valence-electron chi connectivity index (χ3n) is 4.81. The van der Waals surface area contributed by atoms with Crippen molar-refractivity contribution in [3.8, 4) is 0 Å². The summed E-state index contributed by atoms with van der Waals surface area (Å²) in [7, 11) is 2.03. The minimum absolute atomic E-state index is 0.0270. The minimum Gasteiger partial charge on any atom is -0.478 e. The number of carboxylic acid groups (broad SMARTS) is 1. The zero-order chi connectivity index (χ0) is 25.1. The fourth-order valence-corrected chi connectivity index (χ4v) is 2.95. The van der Waals surface area contributed by atoms with Crippen LogP contribution in [0.5, 0.6) is 0 Å². The third kappa shape index (κ3) is 8.63. The van der Waals surface area contributed by atoms with E-state index in [9.17, 15) is 29.8 Å². The van der Waals surface area contributed by atoms with Gasteiger partial charge in [-0.3, -0.25) is 25.0 Å². The van der Waals surface area contributed by atoms with Gasteiger partial charge in [0.1, 0.15) is 0 Å². The van der Waals surface area contributed by atoms with Crippen molar-refractivity contribution >= 4 is 35.4 Å². The molecular weight excluding hydrogens is 444 g/mol. The lowest BCUT2D eigenvalue weighted by Gasteiger charge is -2.31. The molecule has 2 aromatic carbocycles. The highest BCUT2D eigenvalue weighted by Crippen LogP contribution is 2.15. The van der Waals surface area contributed by atoms with E-state index in [0.717, 1.165) is 19.2 Å². The number of carboxylic acids is 1. The molecule has 1 aliphatic rings. The first-order chi connectivity index (χ1) is 16.2. The smallest absolute Gasteiger partial charge is 0.328 e. The highest BCUT2D eigenvalue weighted by atomic mass is 16.6. The third-order valence-corrected chi connectivity index (χ3v) is 4.81. The van der Waals surface area contributed by atoms with Gasteiger partial charge in [0.05, 0.1) is 9.85 Å². The summed E-state index contributed by atoms with van der Waals surface area (Å²) in [6, 6.07) is 12.0. The van der Waals surface area contributed by atoms with E-state index in [1.165, 1.54) is 42.5 Å². The Kier molecular flexibility index (Phi) is 9.59. The highest BCUT2D eigenvalue weighted by molar-refractivity contribution is 5.92. The number of amides is 1. The Morgan fingerprint density at radius 2 is 1.32 bits per heavy atom. The van der Waals surface area contributed by atoms with Gasteiger partial charge in [0.2, 0.25) is 5.91 Å². The first-order valence-electron chi connectivity index (χ1n) is 10.2. The molecule has 1 amide bonds. The molecule has 0 saturated carbocycles. The average molecular weight is 468 g/mol. The molecule has 0 aliphatic carbocycles. The lowest BCUT2D eigenvalue weighted by Crippen LogP contribution is -2.46. The molecule has 0 bridgehead atoms. The zero-order valence-corrected chi connectivity index (χ0v) is 18.4. The Morgan fingerprint density at radius 1 is 0.853 bits per heavy atom. The Morgan fingerprint density at radius 3 is 1.76 bits per heavy atom. The van der Waals surface area contributed by atoms with Gasteiger partial charge in [0, 0.05) is 62.6 Å². The summed E-state index contributed by atoms with van der Waals surface area (Å²) in [6.07, 6.45) is 5.33. The van der Waals surface area contributed by atoms with Gasteiger partial charge in [0.15, 0.2) is 0 Å². The van der Waals surface area contributed by atoms with Gasteiger partial charge >= 0.3 is 5.97 Å². The van der Waals surface area contributed by atoms with Crippen molar-refractivity contribution in [1.82, 2.24) is 9.80 Å². The lowest BCUT2D eigenvalue weighted by atomic mass is 10.2. The lowest BCUT2D eigenvalue weighted by molar-refractivity contribution is -0.385. The van der Waals surface area contributed by atoms with Crippen LogP contribution in [-0.4, -0.2) is 69.9 Å². The molecule has 1 aliphatic heterocycles. The highest BCUT2D eigenvalue weighted by Gasteiger charge is 2.16. The van der Waals surface area contributed by atoms with E-state index in [0.29, 0.717) is 24.2 Å². The molecule has 2 aromatic rings. The Hall–Kier alpha value is -4.38. The van der Waals surface area contributed by atoms with Crippen LogP contribution in [-0.2, 0) is 9.59 Å². The Balaban J connectivity index is 0.000000257. The second-order valence-electron chi connectivity index (χ2n) is 7.34. The van der Waals surface area contributed by atoms with E-state index < -0.39 is 15.8 Å². The molecule has 0 spiro atoms. The maximum absolute atomic E-state index is 12.0. The summed E-state index contributed by atoms with van der Waals surface area (Å²) in [5, 5.41) is 29.4. The number of nitro benzene ring substituents is 2. The number of piperazine rings is 1. The fraction of sp³-hybridized carbons (Fsp3) is 0.217. The van der Waals surface area contributed by atoms with Gasteiger partial charge in [-0.1, -0.05) is 24.3 Å². The number of benzene rings is 2. The van der Waals surface area contributed by atoms with Crippen LogP contribution >= 0.6 is 0 Å². The van der Waals surface area contributed by atoms with E-state index in [-0.39, 0.29) is 17.3 Å². The van der Waals surface area contributed by atoms with Crippen molar-refractivity contribution in [1.29, 1.82) is 0 Å². The summed E-state index contributed by atoms with van der Waals surface area (Å²) in [4.78, 5) is 46.2. The Bertz CT molecular complexity index is 1110. The maximum Gasteiger partial charge on any atom is 0.328 e. The van der Waals surface area contributed by atoms with Crippen molar-refractivity contribution in [3.63, 3.8) is 0 Å². The number of aliphatic carboxylic acids is 1. The van der Waals surface area contributed by atoms with Crippen LogP contribution in [0, 0.1) is 20.2 Å². The number of non-ortho nitro benzene ring substituents is 2. The molecule has 1 saturated heterocycles. The van der Waals surface area contributed by atoms with Crippen molar-refractivity contribution < 1.29 is 24.5 Å². The normalized spacial score (nSPS) is 14.0. The van der Waals surface area contributed by atoms with Crippen molar-refractivity contribution in [2.24, 2.45) is 0 Å². The predicted molar refractivity (Wildman–Crippen MR) is 126 cm³/mol. The fourth-order valence-electron chi connectivity index (χ4n) is 2.95. The molecule has 1 heterocycles. The van der Waals surface area contributed by atoms with Gasteiger partial charge in [-0.2, -0.15) is 0 Å². The molecule has 1 N–H and O–H groups in total. The van der Waals surface area contributed by atoms with Gasteiger partial charge in [-0.25, -0.2) is 4.79 Å². The number of likely N-dealkylation sites (N-methyl/N-ethyl adjacent to an activating group) is 1. The van der Waals surface area contributed by atoms with Crippen LogP contribution in [0.15, 0.2) is 60.7 Å². The van der Waals surface area contributed by atoms with Crippen LogP contribution in [0.1, 0.15) is 11.1 Å². The molecule has 34 heavy (non-hydrogen) atoms. The van der Waals surface area contributed by atoms with Crippen LogP contribution in [0.4, 0.5) is 11.4 Å². The number of nitro groups is 2. The zero-order valence-electron chi connectivity index (χ0n) is 18.4. The van der Waals surface area contributed by atoms with Crippen LogP contribution in [0.3, 0.4) is 0 Å². The van der Waals surface area contributed by atoms with E-state index in [4.69, 9.17) is 5.11 Å². The second-order valence-corrected chi connectivity index (χ2v) is 7.34. The van der Waals surface area contributed by atoms with Crippen molar-refractivity contribution in [2.75, 3.05) is 33.2 Å². The molecular formula is C23H24N4O7. The van der Waals surface area contributed by atoms with Crippen molar-refractivity contribution in [3.05, 3.63) is 92.0 Å². The average Bonchev–Trinajstić information content (AvgIpc) is 2.82. The number of carbonyl (C=O) groups excluding carboxylic acids is 1. The maximum atomic E-state index is 12.0. The van der Waals surface area contributed by atoms with Gasteiger partial charge in [-0.05, 0) is 30.3 Å². The van der Waals surface area contributed by atoms with E-state index >= 15 is 0 Å². The molecule has 1 fully saturated rings.